The predicted molar refractivity (Wildman–Crippen MR) is 151 cm³/mol. The monoisotopic (exact) mass is 501 g/mol. The highest BCUT2D eigenvalue weighted by atomic mass is 32.2. The van der Waals surface area contributed by atoms with Gasteiger partial charge in [-0.2, -0.15) is 23.5 Å². The second-order valence-corrected chi connectivity index (χ2v) is 11.5. The van der Waals surface area contributed by atoms with Crippen molar-refractivity contribution in [1.82, 2.24) is 20.2 Å². The maximum absolute atomic E-state index is 5.10. The molecule has 0 unspecified atom stereocenters. The molecule has 0 bridgehead atoms. The van der Waals surface area contributed by atoms with Crippen LogP contribution in [0.25, 0.3) is 21.5 Å². The largest absolute Gasteiger partial charge is 0.353 e. The van der Waals surface area contributed by atoms with E-state index in [1.807, 2.05) is 29.7 Å². The number of aromatic amines is 1. The Morgan fingerprint density at radius 1 is 0.886 bits per heavy atom. The molecular weight excluding hydrogens is 470 g/mol. The number of aromatic nitrogens is 2. The lowest BCUT2D eigenvalue weighted by Crippen LogP contribution is -2.56. The lowest BCUT2D eigenvalue weighted by molar-refractivity contribution is 0.305. The average molecular weight is 502 g/mol. The van der Waals surface area contributed by atoms with Crippen LogP contribution in [0.3, 0.4) is 0 Å². The van der Waals surface area contributed by atoms with E-state index in [0.717, 1.165) is 48.5 Å². The van der Waals surface area contributed by atoms with E-state index in [1.165, 1.54) is 39.2 Å². The summed E-state index contributed by atoms with van der Waals surface area (Å²) in [5.74, 6) is 5.29. The lowest BCUT2D eigenvalue weighted by Gasteiger charge is -2.39. The minimum atomic E-state index is 0.398. The van der Waals surface area contributed by atoms with Crippen LogP contribution in [0.2, 0.25) is 0 Å². The lowest BCUT2D eigenvalue weighted by atomic mass is 9.98. The zero-order valence-corrected chi connectivity index (χ0v) is 21.5. The van der Waals surface area contributed by atoms with Crippen LogP contribution in [0, 0.1) is 0 Å². The number of thioether (sulfide) groups is 2. The molecule has 3 aromatic carbocycles. The van der Waals surface area contributed by atoms with Crippen LogP contribution >= 0.6 is 23.5 Å². The molecule has 2 N–H and O–H groups in total. The van der Waals surface area contributed by atoms with Gasteiger partial charge in [-0.15, -0.1) is 0 Å². The Kier molecular flexibility index (Phi) is 6.87. The topological polar surface area (TPSA) is 56.3 Å². The number of fused-ring (bicyclic) bond motifs is 3. The molecule has 180 valence electrons. The standard InChI is InChI=1S/C28H31N5S2/c1-3-7-25-20(5-1)13-21-6-2-4-8-26(21)27(25)18-35-16-23-10-12-33-11-9-22(31-28(33)32-23)15-34-17-24-14-29-19-30-24/h1-8,13-14,19,22-23H,9-12,15-18H2,(H,29,30)(H,31,32)/t22-,23-/m1/s1. The van der Waals surface area contributed by atoms with Gasteiger partial charge in [0, 0.05) is 54.0 Å². The molecular formula is C28H31N5S2. The molecule has 0 aliphatic carbocycles. The number of aliphatic imine (C=N–C) groups is 1. The predicted octanol–water partition coefficient (Wildman–Crippen LogP) is 5.67. The van der Waals surface area contributed by atoms with E-state index in [0.29, 0.717) is 12.1 Å². The summed E-state index contributed by atoms with van der Waals surface area (Å²) in [5.41, 5.74) is 2.65. The Bertz CT molecular complexity index is 1270. The highest BCUT2D eigenvalue weighted by Crippen LogP contribution is 2.32. The molecule has 0 saturated carbocycles. The van der Waals surface area contributed by atoms with E-state index in [-0.39, 0.29) is 0 Å². The molecule has 5 nitrogen and oxygen atoms in total. The van der Waals surface area contributed by atoms with Gasteiger partial charge in [0.15, 0.2) is 5.96 Å². The first kappa shape index (κ1) is 22.8. The molecule has 2 aliphatic rings. The summed E-state index contributed by atoms with van der Waals surface area (Å²) in [6, 6.07) is 20.8. The van der Waals surface area contributed by atoms with Gasteiger partial charge in [-0.1, -0.05) is 48.5 Å². The Hall–Kier alpha value is -2.64. The van der Waals surface area contributed by atoms with Crippen molar-refractivity contribution in [2.75, 3.05) is 24.6 Å². The van der Waals surface area contributed by atoms with Crippen LogP contribution in [0.5, 0.6) is 0 Å². The molecule has 1 aromatic heterocycles. The molecule has 3 heterocycles. The van der Waals surface area contributed by atoms with Gasteiger partial charge in [0.1, 0.15) is 0 Å². The molecule has 1 saturated heterocycles. The summed E-state index contributed by atoms with van der Waals surface area (Å²) in [6.07, 6.45) is 5.99. The van der Waals surface area contributed by atoms with E-state index in [1.54, 1.807) is 6.33 Å². The number of imidazole rings is 1. The van der Waals surface area contributed by atoms with Crippen molar-refractivity contribution < 1.29 is 0 Å². The molecule has 4 aromatic rings. The third kappa shape index (κ3) is 5.16. The van der Waals surface area contributed by atoms with E-state index in [4.69, 9.17) is 4.99 Å². The van der Waals surface area contributed by atoms with Gasteiger partial charge in [0.05, 0.1) is 12.4 Å². The van der Waals surface area contributed by atoms with Crippen molar-refractivity contribution >= 4 is 51.0 Å². The van der Waals surface area contributed by atoms with Crippen molar-refractivity contribution in [3.05, 3.63) is 78.4 Å². The first-order valence-electron chi connectivity index (χ1n) is 12.4. The molecule has 0 amide bonds. The number of H-pyrrole nitrogens is 1. The zero-order chi connectivity index (χ0) is 23.5. The second kappa shape index (κ2) is 10.5. The van der Waals surface area contributed by atoms with Gasteiger partial charge in [-0.3, -0.25) is 0 Å². The van der Waals surface area contributed by atoms with E-state index in [9.17, 15) is 0 Å². The number of hydrogen-bond acceptors (Lipinski definition) is 6. The van der Waals surface area contributed by atoms with Crippen LogP contribution in [0.1, 0.15) is 24.1 Å². The first-order valence-corrected chi connectivity index (χ1v) is 14.8. The Labute approximate surface area is 215 Å². The van der Waals surface area contributed by atoms with Gasteiger partial charge < -0.3 is 15.2 Å². The summed E-state index contributed by atoms with van der Waals surface area (Å²) in [4.78, 5) is 14.8. The van der Waals surface area contributed by atoms with Crippen LogP contribution < -0.4 is 5.32 Å². The summed E-state index contributed by atoms with van der Waals surface area (Å²) >= 11 is 3.99. The Morgan fingerprint density at radius 2 is 1.63 bits per heavy atom. The Morgan fingerprint density at radius 3 is 2.40 bits per heavy atom. The van der Waals surface area contributed by atoms with Crippen molar-refractivity contribution in [2.45, 2.75) is 36.4 Å². The minimum absolute atomic E-state index is 0.398. The number of benzene rings is 3. The Balaban J connectivity index is 1.08. The van der Waals surface area contributed by atoms with Crippen molar-refractivity contribution in [1.29, 1.82) is 0 Å². The summed E-state index contributed by atoms with van der Waals surface area (Å²) < 4.78 is 0. The summed E-state index contributed by atoms with van der Waals surface area (Å²) in [5, 5.41) is 9.21. The van der Waals surface area contributed by atoms with Crippen LogP contribution in [-0.2, 0) is 11.5 Å². The smallest absolute Gasteiger partial charge is 0.194 e. The second-order valence-electron chi connectivity index (χ2n) is 9.42. The highest BCUT2D eigenvalue weighted by molar-refractivity contribution is 7.98. The fourth-order valence-electron chi connectivity index (χ4n) is 5.12. The fourth-order valence-corrected chi connectivity index (χ4v) is 7.30. The first-order chi connectivity index (χ1) is 17.3. The third-order valence-electron chi connectivity index (χ3n) is 6.99. The van der Waals surface area contributed by atoms with Gasteiger partial charge in [0.25, 0.3) is 0 Å². The maximum Gasteiger partial charge on any atom is 0.194 e. The SMILES string of the molecule is c1ccc2c(CSC[C@H]3CCN4CC[C@H](CSCc5cnc[nH]5)N=C4N3)c3ccccc3cc2c1. The van der Waals surface area contributed by atoms with Crippen molar-refractivity contribution in [2.24, 2.45) is 4.99 Å². The van der Waals surface area contributed by atoms with Gasteiger partial charge >= 0.3 is 0 Å². The van der Waals surface area contributed by atoms with Crippen molar-refractivity contribution in [3.63, 3.8) is 0 Å². The molecule has 0 spiro atoms. The number of guanidine groups is 1. The van der Waals surface area contributed by atoms with Crippen LogP contribution in [0.15, 0.2) is 72.1 Å². The molecule has 1 fully saturated rings. The van der Waals surface area contributed by atoms with Gasteiger partial charge in [0.2, 0.25) is 0 Å². The number of nitrogens with one attached hydrogen (secondary N) is 2. The molecule has 35 heavy (non-hydrogen) atoms. The number of rotatable bonds is 8. The summed E-state index contributed by atoms with van der Waals surface area (Å²) in [6.45, 7) is 2.23. The zero-order valence-electron chi connectivity index (χ0n) is 19.8. The maximum atomic E-state index is 5.10. The van der Waals surface area contributed by atoms with Crippen molar-refractivity contribution in [3.8, 4) is 0 Å². The van der Waals surface area contributed by atoms with E-state index >= 15 is 0 Å². The van der Waals surface area contributed by atoms with E-state index in [2.05, 4.69) is 74.8 Å². The van der Waals surface area contributed by atoms with Gasteiger partial charge in [-0.05, 0) is 46.0 Å². The number of nitrogens with zero attached hydrogens (tertiary/aromatic N) is 3. The highest BCUT2D eigenvalue weighted by Gasteiger charge is 2.28. The quantitative estimate of drug-likeness (QED) is 0.305. The molecule has 6 rings (SSSR count). The minimum Gasteiger partial charge on any atom is -0.353 e. The molecule has 7 heteroatoms. The molecule has 2 atom stereocenters. The summed E-state index contributed by atoms with van der Waals surface area (Å²) in [7, 11) is 0. The van der Waals surface area contributed by atoms with E-state index < -0.39 is 0 Å². The van der Waals surface area contributed by atoms with Crippen LogP contribution in [-0.4, -0.2) is 57.5 Å². The normalized spacial score (nSPS) is 20.0. The number of hydrogen-bond donors (Lipinski definition) is 2. The third-order valence-corrected chi connectivity index (χ3v) is 9.25. The molecule has 0 radical (unpaired) electrons. The average Bonchev–Trinajstić information content (AvgIpc) is 3.42. The van der Waals surface area contributed by atoms with Gasteiger partial charge in [-0.25, -0.2) is 9.98 Å². The van der Waals surface area contributed by atoms with Crippen LogP contribution in [0.4, 0.5) is 0 Å². The molecule has 2 aliphatic heterocycles. The fraction of sp³-hybridized carbons (Fsp3) is 0.357.